The van der Waals surface area contributed by atoms with Gasteiger partial charge in [0.15, 0.2) is 0 Å². The van der Waals surface area contributed by atoms with E-state index in [4.69, 9.17) is 5.73 Å². The number of benzene rings is 1. The van der Waals surface area contributed by atoms with Crippen LogP contribution in [-0.4, -0.2) is 24.5 Å². The zero-order chi connectivity index (χ0) is 15.3. The topological polar surface area (TPSA) is 81.4 Å². The van der Waals surface area contributed by atoms with Crippen molar-refractivity contribution in [1.29, 1.82) is 0 Å². The Morgan fingerprint density at radius 1 is 1.40 bits per heavy atom. The number of methoxy groups -OCH3 is 1. The van der Waals surface area contributed by atoms with Gasteiger partial charge in [-0.3, -0.25) is 4.79 Å². The van der Waals surface area contributed by atoms with Crippen LogP contribution in [0.2, 0.25) is 0 Å². The normalized spacial score (nSPS) is 13.4. The van der Waals surface area contributed by atoms with Crippen LogP contribution in [0, 0.1) is 6.92 Å². The molecule has 110 valence electrons. The molecule has 0 saturated carbocycles. The molecule has 20 heavy (non-hydrogen) atoms. The number of rotatable bonds is 5. The summed E-state index contributed by atoms with van der Waals surface area (Å²) >= 11 is 0. The van der Waals surface area contributed by atoms with Gasteiger partial charge >= 0.3 is 5.97 Å². The van der Waals surface area contributed by atoms with E-state index in [1.165, 1.54) is 7.11 Å². The van der Waals surface area contributed by atoms with Crippen molar-refractivity contribution < 1.29 is 14.3 Å². The maximum atomic E-state index is 12.1. The Kier molecular flexibility index (Phi) is 5.27. The van der Waals surface area contributed by atoms with Crippen LogP contribution in [0.3, 0.4) is 0 Å². The summed E-state index contributed by atoms with van der Waals surface area (Å²) in [5, 5.41) is 2.78. The SMILES string of the molecule is CCCC(C)(N)C(=O)Nc1ccc(C(=O)OC)c(C)c1. The third-order valence-electron chi connectivity index (χ3n) is 3.18. The van der Waals surface area contributed by atoms with Crippen LogP contribution in [0.5, 0.6) is 0 Å². The second kappa shape index (κ2) is 6.52. The lowest BCUT2D eigenvalue weighted by Crippen LogP contribution is -2.48. The predicted octanol–water partition coefficient (Wildman–Crippen LogP) is 2.24. The molecule has 1 atom stereocenters. The second-order valence-corrected chi connectivity index (χ2v) is 5.14. The Balaban J connectivity index is 2.87. The average molecular weight is 278 g/mol. The number of hydrogen-bond acceptors (Lipinski definition) is 4. The number of carbonyl (C=O) groups is 2. The number of nitrogens with two attached hydrogens (primary N) is 1. The first-order valence-electron chi connectivity index (χ1n) is 6.61. The Hall–Kier alpha value is -1.88. The van der Waals surface area contributed by atoms with Gasteiger partial charge in [-0.1, -0.05) is 13.3 Å². The molecule has 0 spiro atoms. The third kappa shape index (κ3) is 3.81. The van der Waals surface area contributed by atoms with Crippen molar-refractivity contribution in [2.75, 3.05) is 12.4 Å². The van der Waals surface area contributed by atoms with Gasteiger partial charge in [-0.25, -0.2) is 4.79 Å². The molecule has 0 aliphatic heterocycles. The molecule has 0 bridgehead atoms. The number of amides is 1. The van der Waals surface area contributed by atoms with Crippen molar-refractivity contribution in [1.82, 2.24) is 0 Å². The molecule has 0 aliphatic rings. The van der Waals surface area contributed by atoms with E-state index >= 15 is 0 Å². The lowest BCUT2D eigenvalue weighted by atomic mass is 9.96. The van der Waals surface area contributed by atoms with Crippen LogP contribution in [0.1, 0.15) is 42.6 Å². The molecule has 0 aromatic heterocycles. The lowest BCUT2D eigenvalue weighted by Gasteiger charge is -2.23. The molecule has 0 heterocycles. The van der Waals surface area contributed by atoms with Crippen molar-refractivity contribution in [3.8, 4) is 0 Å². The highest BCUT2D eigenvalue weighted by molar-refractivity contribution is 5.98. The van der Waals surface area contributed by atoms with Crippen LogP contribution in [-0.2, 0) is 9.53 Å². The van der Waals surface area contributed by atoms with E-state index in [9.17, 15) is 9.59 Å². The van der Waals surface area contributed by atoms with Gasteiger partial charge < -0.3 is 15.8 Å². The minimum absolute atomic E-state index is 0.232. The Labute approximate surface area is 119 Å². The predicted molar refractivity (Wildman–Crippen MR) is 78.6 cm³/mol. The van der Waals surface area contributed by atoms with Gasteiger partial charge in [0.1, 0.15) is 0 Å². The Morgan fingerprint density at radius 2 is 2.05 bits per heavy atom. The van der Waals surface area contributed by atoms with E-state index in [1.54, 1.807) is 32.0 Å². The average Bonchev–Trinajstić information content (AvgIpc) is 2.38. The molecular weight excluding hydrogens is 256 g/mol. The summed E-state index contributed by atoms with van der Waals surface area (Å²) in [5.41, 5.74) is 6.91. The number of nitrogens with one attached hydrogen (secondary N) is 1. The van der Waals surface area contributed by atoms with Crippen molar-refractivity contribution >= 4 is 17.6 Å². The maximum Gasteiger partial charge on any atom is 0.338 e. The fraction of sp³-hybridized carbons (Fsp3) is 0.467. The van der Waals surface area contributed by atoms with Crippen LogP contribution in [0.15, 0.2) is 18.2 Å². The molecular formula is C15H22N2O3. The minimum atomic E-state index is -0.899. The zero-order valence-corrected chi connectivity index (χ0v) is 12.4. The first-order chi connectivity index (χ1) is 9.31. The number of aryl methyl sites for hydroxylation is 1. The summed E-state index contributed by atoms with van der Waals surface area (Å²) in [5.74, 6) is -0.625. The molecule has 1 unspecified atom stereocenters. The standard InChI is InChI=1S/C15H22N2O3/c1-5-8-15(3,16)14(19)17-11-6-7-12(10(2)9-11)13(18)20-4/h6-7,9H,5,8,16H2,1-4H3,(H,17,19). The first-order valence-corrected chi connectivity index (χ1v) is 6.61. The molecule has 0 fully saturated rings. The molecule has 0 aliphatic carbocycles. The molecule has 3 N–H and O–H groups in total. The molecule has 1 aromatic rings. The maximum absolute atomic E-state index is 12.1. The highest BCUT2D eigenvalue weighted by atomic mass is 16.5. The Morgan fingerprint density at radius 3 is 2.55 bits per heavy atom. The van der Waals surface area contributed by atoms with Crippen LogP contribution in [0.4, 0.5) is 5.69 Å². The number of carbonyl (C=O) groups excluding carboxylic acids is 2. The summed E-state index contributed by atoms with van der Waals surface area (Å²) in [6.45, 7) is 5.48. The molecule has 1 rings (SSSR count). The van der Waals surface area contributed by atoms with Gasteiger partial charge in [0.2, 0.25) is 5.91 Å². The highest BCUT2D eigenvalue weighted by Gasteiger charge is 2.27. The smallest absolute Gasteiger partial charge is 0.338 e. The number of esters is 1. The van der Waals surface area contributed by atoms with E-state index in [2.05, 4.69) is 10.1 Å². The molecule has 5 nitrogen and oxygen atoms in total. The van der Waals surface area contributed by atoms with Gasteiger partial charge in [0.05, 0.1) is 18.2 Å². The second-order valence-electron chi connectivity index (χ2n) is 5.14. The van der Waals surface area contributed by atoms with Crippen LogP contribution < -0.4 is 11.1 Å². The van der Waals surface area contributed by atoms with E-state index in [1.807, 2.05) is 6.92 Å². The van der Waals surface area contributed by atoms with Crippen LogP contribution >= 0.6 is 0 Å². The summed E-state index contributed by atoms with van der Waals surface area (Å²) in [6.07, 6.45) is 1.44. The van der Waals surface area contributed by atoms with Crippen molar-refractivity contribution in [2.45, 2.75) is 39.2 Å². The molecule has 0 radical (unpaired) electrons. The van der Waals surface area contributed by atoms with Gasteiger partial charge in [-0.05, 0) is 44.0 Å². The van der Waals surface area contributed by atoms with Gasteiger partial charge in [0, 0.05) is 5.69 Å². The molecule has 1 aromatic carbocycles. The monoisotopic (exact) mass is 278 g/mol. The fourth-order valence-electron chi connectivity index (χ4n) is 1.99. The fourth-order valence-corrected chi connectivity index (χ4v) is 1.99. The van der Waals surface area contributed by atoms with Gasteiger partial charge in [-0.15, -0.1) is 0 Å². The largest absolute Gasteiger partial charge is 0.465 e. The van der Waals surface area contributed by atoms with Gasteiger partial charge in [0.25, 0.3) is 0 Å². The van der Waals surface area contributed by atoms with Crippen molar-refractivity contribution in [3.63, 3.8) is 0 Å². The van der Waals surface area contributed by atoms with Crippen molar-refractivity contribution in [3.05, 3.63) is 29.3 Å². The van der Waals surface area contributed by atoms with E-state index < -0.39 is 11.5 Å². The first kappa shape index (κ1) is 16.2. The molecule has 5 heteroatoms. The van der Waals surface area contributed by atoms with E-state index in [0.717, 1.165) is 12.0 Å². The summed E-state index contributed by atoms with van der Waals surface area (Å²) in [7, 11) is 1.34. The van der Waals surface area contributed by atoms with Crippen molar-refractivity contribution in [2.24, 2.45) is 5.73 Å². The zero-order valence-electron chi connectivity index (χ0n) is 12.4. The number of ether oxygens (including phenoxy) is 1. The van der Waals surface area contributed by atoms with E-state index in [-0.39, 0.29) is 5.91 Å². The summed E-state index contributed by atoms with van der Waals surface area (Å²) in [6, 6.07) is 5.02. The molecule has 0 saturated heterocycles. The van der Waals surface area contributed by atoms with Crippen LogP contribution in [0.25, 0.3) is 0 Å². The number of anilines is 1. The summed E-state index contributed by atoms with van der Waals surface area (Å²) < 4.78 is 4.68. The molecule has 1 amide bonds. The quantitative estimate of drug-likeness (QED) is 0.809. The third-order valence-corrected chi connectivity index (χ3v) is 3.18. The lowest BCUT2D eigenvalue weighted by molar-refractivity contribution is -0.120. The van der Waals surface area contributed by atoms with Gasteiger partial charge in [-0.2, -0.15) is 0 Å². The highest BCUT2D eigenvalue weighted by Crippen LogP contribution is 2.18. The van der Waals surface area contributed by atoms with E-state index in [0.29, 0.717) is 17.7 Å². The Bertz CT molecular complexity index is 510. The number of hydrogen-bond donors (Lipinski definition) is 2. The summed E-state index contributed by atoms with van der Waals surface area (Å²) in [4.78, 5) is 23.6. The minimum Gasteiger partial charge on any atom is -0.465 e.